The van der Waals surface area contributed by atoms with Gasteiger partial charge in [-0.15, -0.1) is 0 Å². The number of fused-ring (bicyclic) bond motifs is 1. The maximum Gasteiger partial charge on any atom is 0.0869 e. The minimum atomic E-state index is 0.690. The third kappa shape index (κ3) is 0.652. The minimum absolute atomic E-state index is 0.690. The minimum Gasteiger partial charge on any atom is -0.303 e. The molecule has 0 aliphatic heterocycles. The topological polar surface area (TPSA) is 36.7 Å². The van der Waals surface area contributed by atoms with E-state index >= 15 is 0 Å². The Morgan fingerprint density at radius 3 is 3.10 bits per heavy atom. The van der Waals surface area contributed by atoms with Gasteiger partial charge < -0.3 is 5.41 Å². The molecule has 0 saturated heterocycles. The number of aryl methyl sites for hydroxylation is 1. The van der Waals surface area contributed by atoms with Crippen LogP contribution in [0.5, 0.6) is 0 Å². The van der Waals surface area contributed by atoms with Crippen LogP contribution < -0.4 is 0 Å². The van der Waals surface area contributed by atoms with Gasteiger partial charge in [0.25, 0.3) is 0 Å². The fourth-order valence-corrected chi connectivity index (χ4v) is 1.29. The Balaban J connectivity index is 2.61. The average molecular weight is 132 g/mol. The quantitative estimate of drug-likeness (QED) is 0.569. The van der Waals surface area contributed by atoms with Crippen LogP contribution in [0.4, 0.5) is 0 Å². The van der Waals surface area contributed by atoms with E-state index < -0.39 is 0 Å². The van der Waals surface area contributed by atoms with E-state index in [4.69, 9.17) is 5.41 Å². The molecule has 50 valence electrons. The standard InChI is InChI=1S/C8H8N2/c9-7-4-3-6-2-1-5-10-8(6)7/h1-2,5,9H,3-4H2. The molecular weight excluding hydrogens is 124 g/mol. The van der Waals surface area contributed by atoms with Gasteiger partial charge in [-0.1, -0.05) is 6.07 Å². The van der Waals surface area contributed by atoms with Crippen LogP contribution in [-0.2, 0) is 6.42 Å². The molecular formula is C8H8N2. The summed E-state index contributed by atoms with van der Waals surface area (Å²) in [5.41, 5.74) is 2.82. The van der Waals surface area contributed by atoms with E-state index in [9.17, 15) is 0 Å². The van der Waals surface area contributed by atoms with E-state index in [0.717, 1.165) is 18.5 Å². The normalized spacial score (nSPS) is 15.4. The summed E-state index contributed by atoms with van der Waals surface area (Å²) in [5, 5.41) is 7.47. The van der Waals surface area contributed by atoms with Gasteiger partial charge in [0.05, 0.1) is 11.4 Å². The zero-order valence-electron chi connectivity index (χ0n) is 5.59. The first-order chi connectivity index (χ1) is 4.88. The van der Waals surface area contributed by atoms with Gasteiger partial charge in [-0.2, -0.15) is 0 Å². The van der Waals surface area contributed by atoms with E-state index in [1.54, 1.807) is 6.20 Å². The van der Waals surface area contributed by atoms with Crippen LogP contribution in [0.3, 0.4) is 0 Å². The molecule has 1 N–H and O–H groups in total. The molecule has 0 spiro atoms. The first-order valence-corrected chi connectivity index (χ1v) is 3.39. The van der Waals surface area contributed by atoms with Crippen LogP contribution in [-0.4, -0.2) is 10.7 Å². The van der Waals surface area contributed by atoms with Crippen molar-refractivity contribution in [3.05, 3.63) is 29.6 Å². The highest BCUT2D eigenvalue weighted by molar-refractivity contribution is 6.00. The Kier molecular flexibility index (Phi) is 1.07. The van der Waals surface area contributed by atoms with Gasteiger partial charge in [-0.25, -0.2) is 0 Å². The van der Waals surface area contributed by atoms with E-state index in [0.29, 0.717) is 5.71 Å². The van der Waals surface area contributed by atoms with Gasteiger partial charge in [-0.05, 0) is 24.5 Å². The van der Waals surface area contributed by atoms with E-state index in [2.05, 4.69) is 4.98 Å². The Morgan fingerprint density at radius 1 is 1.40 bits per heavy atom. The van der Waals surface area contributed by atoms with Gasteiger partial charge in [0.2, 0.25) is 0 Å². The Bertz CT molecular complexity index is 278. The lowest BCUT2D eigenvalue weighted by atomic mass is 10.2. The largest absolute Gasteiger partial charge is 0.303 e. The maximum absolute atomic E-state index is 7.47. The smallest absolute Gasteiger partial charge is 0.0869 e. The molecule has 0 bridgehead atoms. The fourth-order valence-electron chi connectivity index (χ4n) is 1.29. The summed E-state index contributed by atoms with van der Waals surface area (Å²) in [6.45, 7) is 0. The van der Waals surface area contributed by atoms with Crippen molar-refractivity contribution in [1.82, 2.24) is 4.98 Å². The molecule has 2 heteroatoms. The van der Waals surface area contributed by atoms with E-state index in [1.165, 1.54) is 5.56 Å². The lowest BCUT2D eigenvalue weighted by molar-refractivity contribution is 1.08. The molecule has 0 atom stereocenters. The highest BCUT2D eigenvalue weighted by Gasteiger charge is 2.15. The molecule has 2 nitrogen and oxygen atoms in total. The lowest BCUT2D eigenvalue weighted by Gasteiger charge is -1.92. The second-order valence-electron chi connectivity index (χ2n) is 2.49. The first-order valence-electron chi connectivity index (χ1n) is 3.39. The molecule has 1 aromatic rings. The monoisotopic (exact) mass is 132 g/mol. The summed E-state index contributed by atoms with van der Waals surface area (Å²) >= 11 is 0. The fraction of sp³-hybridized carbons (Fsp3) is 0.250. The Labute approximate surface area is 59.4 Å². The SMILES string of the molecule is N=C1CCc2cccnc21. The molecule has 0 aromatic carbocycles. The average Bonchev–Trinajstić information content (AvgIpc) is 2.34. The number of pyridine rings is 1. The third-order valence-electron chi connectivity index (χ3n) is 1.82. The van der Waals surface area contributed by atoms with Crippen LogP contribution in [0.15, 0.2) is 18.3 Å². The number of aromatic nitrogens is 1. The van der Waals surface area contributed by atoms with Gasteiger partial charge in [-0.3, -0.25) is 4.98 Å². The lowest BCUT2D eigenvalue weighted by Crippen LogP contribution is -1.93. The predicted molar refractivity (Wildman–Crippen MR) is 39.4 cm³/mol. The molecule has 10 heavy (non-hydrogen) atoms. The van der Waals surface area contributed by atoms with Gasteiger partial charge >= 0.3 is 0 Å². The second kappa shape index (κ2) is 1.90. The van der Waals surface area contributed by atoms with Crippen molar-refractivity contribution in [2.45, 2.75) is 12.8 Å². The molecule has 2 rings (SSSR count). The zero-order chi connectivity index (χ0) is 6.97. The van der Waals surface area contributed by atoms with E-state index in [1.807, 2.05) is 12.1 Å². The zero-order valence-corrected chi connectivity index (χ0v) is 5.59. The van der Waals surface area contributed by atoms with Crippen molar-refractivity contribution >= 4 is 5.71 Å². The number of rotatable bonds is 0. The summed E-state index contributed by atoms with van der Waals surface area (Å²) in [5.74, 6) is 0. The molecule has 1 heterocycles. The van der Waals surface area contributed by atoms with Crippen molar-refractivity contribution in [3.63, 3.8) is 0 Å². The molecule has 1 aliphatic carbocycles. The van der Waals surface area contributed by atoms with Crippen LogP contribution in [0.25, 0.3) is 0 Å². The highest BCUT2D eigenvalue weighted by atomic mass is 14.7. The predicted octanol–water partition coefficient (Wildman–Crippen LogP) is 1.40. The maximum atomic E-state index is 7.47. The molecule has 0 saturated carbocycles. The summed E-state index contributed by atoms with van der Waals surface area (Å²) in [4.78, 5) is 4.12. The summed E-state index contributed by atoms with van der Waals surface area (Å²) in [6, 6.07) is 3.97. The molecule has 0 unspecified atom stereocenters. The number of hydrogen-bond acceptors (Lipinski definition) is 2. The van der Waals surface area contributed by atoms with Crippen LogP contribution in [0.1, 0.15) is 17.7 Å². The van der Waals surface area contributed by atoms with Crippen molar-refractivity contribution in [3.8, 4) is 0 Å². The van der Waals surface area contributed by atoms with Crippen molar-refractivity contribution in [1.29, 1.82) is 5.41 Å². The summed E-state index contributed by atoms with van der Waals surface area (Å²) in [7, 11) is 0. The van der Waals surface area contributed by atoms with E-state index in [-0.39, 0.29) is 0 Å². The van der Waals surface area contributed by atoms with Crippen LogP contribution in [0, 0.1) is 5.41 Å². The Morgan fingerprint density at radius 2 is 2.30 bits per heavy atom. The van der Waals surface area contributed by atoms with Gasteiger partial charge in [0.1, 0.15) is 0 Å². The summed E-state index contributed by atoms with van der Waals surface area (Å²) < 4.78 is 0. The molecule has 1 aromatic heterocycles. The number of hydrogen-bond donors (Lipinski definition) is 1. The van der Waals surface area contributed by atoms with Crippen molar-refractivity contribution < 1.29 is 0 Å². The van der Waals surface area contributed by atoms with Crippen LogP contribution in [0.2, 0.25) is 0 Å². The van der Waals surface area contributed by atoms with Gasteiger partial charge in [0, 0.05) is 6.20 Å². The molecule has 1 aliphatic rings. The molecule has 0 radical (unpaired) electrons. The highest BCUT2D eigenvalue weighted by Crippen LogP contribution is 2.17. The third-order valence-corrected chi connectivity index (χ3v) is 1.82. The van der Waals surface area contributed by atoms with Gasteiger partial charge in [0.15, 0.2) is 0 Å². The molecule has 0 amide bonds. The second-order valence-corrected chi connectivity index (χ2v) is 2.49. The number of nitrogens with one attached hydrogen (secondary N) is 1. The van der Waals surface area contributed by atoms with Crippen LogP contribution >= 0.6 is 0 Å². The van der Waals surface area contributed by atoms with Crippen molar-refractivity contribution in [2.75, 3.05) is 0 Å². The molecule has 0 fully saturated rings. The van der Waals surface area contributed by atoms with Crippen molar-refractivity contribution in [2.24, 2.45) is 0 Å². The Hall–Kier alpha value is -1.18. The first kappa shape index (κ1) is 5.59. The number of nitrogens with zero attached hydrogens (tertiary/aromatic N) is 1. The summed E-state index contributed by atoms with van der Waals surface area (Å²) in [6.07, 6.45) is 3.62.